The van der Waals surface area contributed by atoms with Crippen molar-refractivity contribution in [3.8, 4) is 0 Å². The van der Waals surface area contributed by atoms with Gasteiger partial charge in [0.05, 0.1) is 11.5 Å². The van der Waals surface area contributed by atoms with Crippen molar-refractivity contribution in [2.24, 2.45) is 17.8 Å². The first-order chi connectivity index (χ1) is 16.7. The third kappa shape index (κ3) is 4.65. The molecule has 36 heavy (non-hydrogen) atoms. The first-order valence-electron chi connectivity index (χ1n) is 12.4. The lowest BCUT2D eigenvalue weighted by Gasteiger charge is -2.48. The highest BCUT2D eigenvalue weighted by Crippen LogP contribution is 2.44. The van der Waals surface area contributed by atoms with Gasteiger partial charge in [-0.1, -0.05) is 26.0 Å². The zero-order chi connectivity index (χ0) is 26.6. The second kappa shape index (κ2) is 9.45. The molecule has 2 aliphatic rings. The Kier molecular flexibility index (Phi) is 6.99. The first kappa shape index (κ1) is 26.6. The van der Waals surface area contributed by atoms with E-state index in [1.807, 2.05) is 20.8 Å². The summed E-state index contributed by atoms with van der Waals surface area (Å²) < 4.78 is 55.9. The summed E-state index contributed by atoms with van der Waals surface area (Å²) in [5, 5.41) is 11.6. The molecule has 4 nitrogen and oxygen atoms in total. The Morgan fingerprint density at radius 1 is 0.889 bits per heavy atom. The number of carbonyl (C=O) groups excluding carboxylic acids is 1. The molecule has 1 N–H and O–H groups in total. The predicted molar refractivity (Wildman–Crippen MR) is 129 cm³/mol. The third-order valence-electron chi connectivity index (χ3n) is 8.13. The minimum absolute atomic E-state index is 0.151. The molecule has 4 rings (SSSR count). The van der Waals surface area contributed by atoms with Crippen molar-refractivity contribution in [2.75, 3.05) is 26.2 Å². The van der Waals surface area contributed by atoms with Gasteiger partial charge in [-0.3, -0.25) is 9.69 Å². The topological polar surface area (TPSA) is 43.8 Å². The molecule has 0 saturated carbocycles. The first-order valence-corrected chi connectivity index (χ1v) is 12.4. The Balaban J connectivity index is 1.61. The standard InChI is InChI=1S/C28H34F4N2O2/c1-16-12-33(13-17(2)28(16,36)18-6-9-23(30)25(32)10-18)26(35)22-15-34(27(3,4)5)14-21(22)20-8-7-19(29)11-24(20)31/h6-11,16-17,21-22,36H,12-15H2,1-5H3/t16?,17?,21-,22+,28?/m0/s1. The van der Waals surface area contributed by atoms with Crippen LogP contribution in [-0.4, -0.2) is 52.5 Å². The van der Waals surface area contributed by atoms with E-state index in [0.29, 0.717) is 18.7 Å². The van der Waals surface area contributed by atoms with Gasteiger partial charge in [-0.15, -0.1) is 0 Å². The molecule has 0 spiro atoms. The van der Waals surface area contributed by atoms with Gasteiger partial charge in [0.25, 0.3) is 0 Å². The van der Waals surface area contributed by atoms with Crippen LogP contribution in [0.1, 0.15) is 51.7 Å². The second-order valence-corrected chi connectivity index (χ2v) is 11.5. The maximum atomic E-state index is 14.8. The summed E-state index contributed by atoms with van der Waals surface area (Å²) in [6.45, 7) is 11.0. The zero-order valence-electron chi connectivity index (χ0n) is 21.4. The Hall–Kier alpha value is -2.45. The van der Waals surface area contributed by atoms with E-state index in [-0.39, 0.29) is 30.1 Å². The van der Waals surface area contributed by atoms with Crippen LogP contribution in [-0.2, 0) is 10.4 Å². The van der Waals surface area contributed by atoms with Crippen molar-refractivity contribution in [3.05, 3.63) is 70.8 Å². The van der Waals surface area contributed by atoms with Gasteiger partial charge in [-0.05, 0) is 50.1 Å². The van der Waals surface area contributed by atoms with Crippen molar-refractivity contribution in [3.63, 3.8) is 0 Å². The number of piperidine rings is 1. The maximum absolute atomic E-state index is 14.8. The number of nitrogens with zero attached hydrogens (tertiary/aromatic N) is 2. The summed E-state index contributed by atoms with van der Waals surface area (Å²) >= 11 is 0. The van der Waals surface area contributed by atoms with Crippen molar-refractivity contribution in [2.45, 2.75) is 51.7 Å². The SMILES string of the molecule is CC1CN(C(=O)[C@@H]2CN(C(C)(C)C)C[C@H]2c2ccc(F)cc2F)CC(C)C1(O)c1ccc(F)c(F)c1. The molecule has 4 atom stereocenters. The molecule has 196 valence electrons. The largest absolute Gasteiger partial charge is 0.384 e. The molecule has 2 unspecified atom stereocenters. The van der Waals surface area contributed by atoms with E-state index >= 15 is 0 Å². The van der Waals surface area contributed by atoms with Crippen molar-refractivity contribution in [1.82, 2.24) is 9.80 Å². The number of rotatable bonds is 3. The molecule has 2 aromatic carbocycles. The number of benzene rings is 2. The van der Waals surface area contributed by atoms with Crippen LogP contribution in [0, 0.1) is 41.0 Å². The van der Waals surface area contributed by atoms with Gasteiger partial charge in [0.15, 0.2) is 11.6 Å². The lowest BCUT2D eigenvalue weighted by molar-refractivity contribution is -0.152. The lowest BCUT2D eigenvalue weighted by Crippen LogP contribution is -2.57. The highest BCUT2D eigenvalue weighted by atomic mass is 19.2. The van der Waals surface area contributed by atoms with Crippen LogP contribution in [0.5, 0.6) is 0 Å². The molecular formula is C28H34F4N2O2. The van der Waals surface area contributed by atoms with E-state index < -0.39 is 52.5 Å². The molecular weight excluding hydrogens is 472 g/mol. The van der Waals surface area contributed by atoms with Crippen LogP contribution in [0.15, 0.2) is 36.4 Å². The summed E-state index contributed by atoms with van der Waals surface area (Å²) in [6.07, 6.45) is 0. The highest BCUT2D eigenvalue weighted by molar-refractivity contribution is 5.81. The fourth-order valence-electron chi connectivity index (χ4n) is 5.95. The lowest BCUT2D eigenvalue weighted by atomic mass is 9.70. The number of hydrogen-bond acceptors (Lipinski definition) is 3. The van der Waals surface area contributed by atoms with Gasteiger partial charge in [0, 0.05) is 55.5 Å². The fourth-order valence-corrected chi connectivity index (χ4v) is 5.95. The third-order valence-corrected chi connectivity index (χ3v) is 8.13. The summed E-state index contributed by atoms with van der Waals surface area (Å²) in [4.78, 5) is 17.7. The summed E-state index contributed by atoms with van der Waals surface area (Å²) in [5.74, 6) is -5.42. The van der Waals surface area contributed by atoms with Crippen LogP contribution >= 0.6 is 0 Å². The number of amides is 1. The van der Waals surface area contributed by atoms with E-state index in [4.69, 9.17) is 0 Å². The number of carbonyl (C=O) groups is 1. The van der Waals surface area contributed by atoms with Crippen LogP contribution in [0.2, 0.25) is 0 Å². The minimum atomic E-state index is -1.44. The van der Waals surface area contributed by atoms with Gasteiger partial charge in [-0.2, -0.15) is 0 Å². The number of aliphatic hydroxyl groups is 1. The average Bonchev–Trinajstić information content (AvgIpc) is 3.24. The van der Waals surface area contributed by atoms with Crippen LogP contribution in [0.4, 0.5) is 17.6 Å². The molecule has 2 saturated heterocycles. The molecule has 2 fully saturated rings. The molecule has 8 heteroatoms. The van der Waals surface area contributed by atoms with Gasteiger partial charge in [0.1, 0.15) is 11.6 Å². The van der Waals surface area contributed by atoms with Crippen molar-refractivity contribution >= 4 is 5.91 Å². The Bertz CT molecular complexity index is 1140. The molecule has 0 aliphatic carbocycles. The minimum Gasteiger partial charge on any atom is -0.384 e. The molecule has 1 amide bonds. The quantitative estimate of drug-likeness (QED) is 0.592. The Morgan fingerprint density at radius 3 is 2.08 bits per heavy atom. The summed E-state index contributed by atoms with van der Waals surface area (Å²) in [5.41, 5.74) is -1.10. The van der Waals surface area contributed by atoms with Gasteiger partial charge >= 0.3 is 0 Å². The zero-order valence-corrected chi connectivity index (χ0v) is 21.4. The average molecular weight is 507 g/mol. The molecule has 0 radical (unpaired) electrons. The summed E-state index contributed by atoms with van der Waals surface area (Å²) in [7, 11) is 0. The normalized spacial score (nSPS) is 29.6. The van der Waals surface area contributed by atoms with Crippen LogP contribution < -0.4 is 0 Å². The predicted octanol–water partition coefficient (Wildman–Crippen LogP) is 5.06. The number of likely N-dealkylation sites (tertiary alicyclic amines) is 2. The Labute approximate surface area is 209 Å². The molecule has 0 aromatic heterocycles. The smallest absolute Gasteiger partial charge is 0.227 e. The van der Waals surface area contributed by atoms with Crippen LogP contribution in [0.3, 0.4) is 0 Å². The van der Waals surface area contributed by atoms with Gasteiger partial charge in [0.2, 0.25) is 5.91 Å². The van der Waals surface area contributed by atoms with Crippen molar-refractivity contribution < 1.29 is 27.5 Å². The maximum Gasteiger partial charge on any atom is 0.227 e. The molecule has 2 heterocycles. The molecule has 0 bridgehead atoms. The van der Waals surface area contributed by atoms with E-state index in [2.05, 4.69) is 4.90 Å². The Morgan fingerprint density at radius 2 is 1.53 bits per heavy atom. The summed E-state index contributed by atoms with van der Waals surface area (Å²) in [6, 6.07) is 6.89. The molecule has 2 aromatic rings. The number of hydrogen-bond donors (Lipinski definition) is 1. The molecule has 2 aliphatic heterocycles. The highest BCUT2D eigenvalue weighted by Gasteiger charge is 2.50. The van der Waals surface area contributed by atoms with Gasteiger partial charge < -0.3 is 10.0 Å². The van der Waals surface area contributed by atoms with E-state index in [1.54, 1.807) is 18.7 Å². The van der Waals surface area contributed by atoms with Gasteiger partial charge in [-0.25, -0.2) is 17.6 Å². The van der Waals surface area contributed by atoms with E-state index in [0.717, 1.165) is 18.2 Å². The fraction of sp³-hybridized carbons (Fsp3) is 0.536. The van der Waals surface area contributed by atoms with Crippen LogP contribution in [0.25, 0.3) is 0 Å². The van der Waals surface area contributed by atoms with E-state index in [1.165, 1.54) is 18.2 Å². The second-order valence-electron chi connectivity index (χ2n) is 11.5. The number of halogens is 4. The monoisotopic (exact) mass is 506 g/mol. The van der Waals surface area contributed by atoms with Crippen molar-refractivity contribution in [1.29, 1.82) is 0 Å². The van der Waals surface area contributed by atoms with E-state index in [9.17, 15) is 27.5 Å².